The summed E-state index contributed by atoms with van der Waals surface area (Å²) in [6.45, 7) is 2.63. The maximum absolute atomic E-state index is 4.25. The topological polar surface area (TPSA) is 50.7 Å². The molecule has 0 aliphatic rings. The van der Waals surface area contributed by atoms with Crippen molar-refractivity contribution in [2.45, 2.75) is 13.5 Å². The van der Waals surface area contributed by atoms with Crippen LogP contribution in [0.25, 0.3) is 0 Å². The predicted octanol–water partition coefficient (Wildman–Crippen LogP) is 1.79. The van der Waals surface area contributed by atoms with E-state index in [-0.39, 0.29) is 0 Å². The molecule has 0 amide bonds. The summed E-state index contributed by atoms with van der Waals surface area (Å²) in [6, 6.07) is 5.79. The van der Waals surface area contributed by atoms with Gasteiger partial charge in [0, 0.05) is 30.8 Å². The van der Waals surface area contributed by atoms with Gasteiger partial charge in [0.1, 0.15) is 0 Å². The van der Waals surface area contributed by atoms with Gasteiger partial charge in [-0.15, -0.1) is 0 Å². The van der Waals surface area contributed by atoms with Gasteiger partial charge in [0.25, 0.3) is 0 Å². The van der Waals surface area contributed by atoms with Gasteiger partial charge < -0.3 is 5.32 Å². The van der Waals surface area contributed by atoms with Crippen molar-refractivity contribution < 1.29 is 0 Å². The zero-order chi connectivity index (χ0) is 10.5. The van der Waals surface area contributed by atoms with Crippen molar-refractivity contribution in [3.63, 3.8) is 0 Å². The summed E-state index contributed by atoms with van der Waals surface area (Å²) in [6.07, 6.45) is 5.32. The molecule has 0 spiro atoms. The summed E-state index contributed by atoms with van der Waals surface area (Å²) < 4.78 is 0. The average molecular weight is 200 g/mol. The second-order valence-electron chi connectivity index (χ2n) is 3.24. The Morgan fingerprint density at radius 2 is 2.20 bits per heavy atom. The van der Waals surface area contributed by atoms with E-state index in [0.29, 0.717) is 12.5 Å². The maximum atomic E-state index is 4.25. The minimum Gasteiger partial charge on any atom is -0.350 e. The van der Waals surface area contributed by atoms with Crippen molar-refractivity contribution in [1.82, 2.24) is 15.0 Å². The van der Waals surface area contributed by atoms with E-state index in [1.807, 2.05) is 31.3 Å². The first kappa shape index (κ1) is 9.58. The lowest BCUT2D eigenvalue weighted by Gasteiger charge is -2.04. The molecule has 0 aliphatic heterocycles. The number of aromatic nitrogens is 3. The monoisotopic (exact) mass is 200 g/mol. The summed E-state index contributed by atoms with van der Waals surface area (Å²) in [5, 5.41) is 3.14. The lowest BCUT2D eigenvalue weighted by atomic mass is 10.3. The fourth-order valence-corrected chi connectivity index (χ4v) is 1.22. The highest BCUT2D eigenvalue weighted by Gasteiger charge is 1.96. The van der Waals surface area contributed by atoms with Gasteiger partial charge in [0.2, 0.25) is 5.95 Å². The van der Waals surface area contributed by atoms with E-state index < -0.39 is 0 Å². The molecule has 0 atom stereocenters. The first-order valence-electron chi connectivity index (χ1n) is 4.77. The zero-order valence-corrected chi connectivity index (χ0v) is 8.51. The summed E-state index contributed by atoms with van der Waals surface area (Å²) in [5.74, 6) is 0.652. The number of nitrogens with zero attached hydrogens (tertiary/aromatic N) is 3. The third-order valence-electron chi connectivity index (χ3n) is 1.97. The molecule has 0 saturated heterocycles. The molecule has 2 aromatic rings. The molecule has 0 radical (unpaired) electrons. The lowest BCUT2D eigenvalue weighted by Crippen LogP contribution is -2.03. The summed E-state index contributed by atoms with van der Waals surface area (Å²) in [7, 11) is 0. The zero-order valence-electron chi connectivity index (χ0n) is 8.51. The molecule has 2 heterocycles. The number of pyridine rings is 1. The van der Waals surface area contributed by atoms with Crippen molar-refractivity contribution in [3.05, 3.63) is 48.0 Å². The van der Waals surface area contributed by atoms with E-state index in [2.05, 4.69) is 20.3 Å². The fourth-order valence-electron chi connectivity index (χ4n) is 1.22. The minimum atomic E-state index is 0.652. The van der Waals surface area contributed by atoms with Crippen LogP contribution in [0.1, 0.15) is 11.3 Å². The van der Waals surface area contributed by atoms with Gasteiger partial charge in [-0.25, -0.2) is 9.97 Å². The molecule has 0 bridgehead atoms. The van der Waals surface area contributed by atoms with Crippen LogP contribution >= 0.6 is 0 Å². The third kappa shape index (κ3) is 2.74. The van der Waals surface area contributed by atoms with Crippen LogP contribution in [0.2, 0.25) is 0 Å². The second kappa shape index (κ2) is 4.50. The van der Waals surface area contributed by atoms with Crippen LogP contribution in [0, 0.1) is 6.92 Å². The van der Waals surface area contributed by atoms with Gasteiger partial charge in [-0.05, 0) is 24.6 Å². The van der Waals surface area contributed by atoms with E-state index in [1.54, 1.807) is 12.4 Å². The molecule has 4 nitrogen and oxygen atoms in total. The standard InChI is InChI=1S/C11H12N4/c1-9-4-6-13-11(15-9)14-8-10-3-2-5-12-7-10/h2-7H,8H2,1H3,(H,13,14,15). The molecular weight excluding hydrogens is 188 g/mol. The van der Waals surface area contributed by atoms with Gasteiger partial charge in [-0.2, -0.15) is 0 Å². The highest BCUT2D eigenvalue weighted by molar-refractivity contribution is 5.26. The maximum Gasteiger partial charge on any atom is 0.223 e. The Bertz CT molecular complexity index is 428. The number of nitrogens with one attached hydrogen (secondary N) is 1. The van der Waals surface area contributed by atoms with Crippen LogP contribution in [-0.4, -0.2) is 15.0 Å². The third-order valence-corrected chi connectivity index (χ3v) is 1.97. The molecule has 1 N–H and O–H groups in total. The molecular formula is C11H12N4. The normalized spacial score (nSPS) is 9.93. The number of aryl methyl sites for hydroxylation is 1. The minimum absolute atomic E-state index is 0.652. The lowest BCUT2D eigenvalue weighted by molar-refractivity contribution is 1.02. The SMILES string of the molecule is Cc1ccnc(NCc2cccnc2)n1. The number of anilines is 1. The number of hydrogen-bond donors (Lipinski definition) is 1. The summed E-state index contributed by atoms with van der Waals surface area (Å²) in [5.41, 5.74) is 2.07. The van der Waals surface area contributed by atoms with Crippen LogP contribution in [0.5, 0.6) is 0 Å². The number of rotatable bonds is 3. The first-order valence-corrected chi connectivity index (χ1v) is 4.77. The Kier molecular flexibility index (Phi) is 2.88. The molecule has 4 heteroatoms. The van der Waals surface area contributed by atoms with Gasteiger partial charge >= 0.3 is 0 Å². The van der Waals surface area contributed by atoms with E-state index in [4.69, 9.17) is 0 Å². The molecule has 2 rings (SSSR count). The molecule has 0 aliphatic carbocycles. The Morgan fingerprint density at radius 3 is 2.93 bits per heavy atom. The van der Waals surface area contributed by atoms with Gasteiger partial charge in [-0.1, -0.05) is 6.07 Å². The van der Waals surface area contributed by atoms with E-state index in [1.165, 1.54) is 0 Å². The van der Waals surface area contributed by atoms with Crippen LogP contribution < -0.4 is 5.32 Å². The Hall–Kier alpha value is -1.97. The molecule has 0 fully saturated rings. The molecule has 0 aromatic carbocycles. The average Bonchev–Trinajstić information content (AvgIpc) is 2.28. The second-order valence-corrected chi connectivity index (χ2v) is 3.24. The highest BCUT2D eigenvalue weighted by atomic mass is 15.1. The smallest absolute Gasteiger partial charge is 0.223 e. The van der Waals surface area contributed by atoms with Gasteiger partial charge in [0.05, 0.1) is 0 Å². The van der Waals surface area contributed by atoms with Crippen molar-refractivity contribution >= 4 is 5.95 Å². The van der Waals surface area contributed by atoms with E-state index in [0.717, 1.165) is 11.3 Å². The molecule has 76 valence electrons. The highest BCUT2D eigenvalue weighted by Crippen LogP contribution is 2.02. The van der Waals surface area contributed by atoms with Gasteiger partial charge in [0.15, 0.2) is 0 Å². The number of hydrogen-bond acceptors (Lipinski definition) is 4. The van der Waals surface area contributed by atoms with E-state index in [9.17, 15) is 0 Å². The summed E-state index contributed by atoms with van der Waals surface area (Å²) >= 11 is 0. The van der Waals surface area contributed by atoms with Gasteiger partial charge in [-0.3, -0.25) is 4.98 Å². The Labute approximate surface area is 88.4 Å². The largest absolute Gasteiger partial charge is 0.350 e. The van der Waals surface area contributed by atoms with Crippen molar-refractivity contribution in [1.29, 1.82) is 0 Å². The predicted molar refractivity (Wildman–Crippen MR) is 58.3 cm³/mol. The first-order chi connectivity index (χ1) is 7.34. The van der Waals surface area contributed by atoms with Crippen molar-refractivity contribution in [2.24, 2.45) is 0 Å². The fraction of sp³-hybridized carbons (Fsp3) is 0.182. The molecule has 0 saturated carbocycles. The molecule has 15 heavy (non-hydrogen) atoms. The Balaban J connectivity index is 1.99. The summed E-state index contributed by atoms with van der Waals surface area (Å²) in [4.78, 5) is 12.4. The Morgan fingerprint density at radius 1 is 1.27 bits per heavy atom. The van der Waals surface area contributed by atoms with Crippen molar-refractivity contribution in [3.8, 4) is 0 Å². The van der Waals surface area contributed by atoms with E-state index >= 15 is 0 Å². The van der Waals surface area contributed by atoms with Crippen molar-refractivity contribution in [2.75, 3.05) is 5.32 Å². The molecule has 0 unspecified atom stereocenters. The van der Waals surface area contributed by atoms with Crippen LogP contribution in [0.4, 0.5) is 5.95 Å². The molecule has 2 aromatic heterocycles. The van der Waals surface area contributed by atoms with Crippen LogP contribution in [0.15, 0.2) is 36.8 Å². The van der Waals surface area contributed by atoms with Crippen LogP contribution in [0.3, 0.4) is 0 Å². The quantitative estimate of drug-likeness (QED) is 0.820. The van der Waals surface area contributed by atoms with Crippen LogP contribution in [-0.2, 0) is 6.54 Å².